The largest absolute Gasteiger partial charge is 0.399 e. The molecule has 2 aromatic carbocycles. The van der Waals surface area contributed by atoms with Crippen molar-refractivity contribution in [3.8, 4) is 0 Å². The highest BCUT2D eigenvalue weighted by Gasteiger charge is 2.39. The molecular weight excluding hydrogens is 422 g/mol. The summed E-state index contributed by atoms with van der Waals surface area (Å²) in [4.78, 5) is 17.0. The predicted molar refractivity (Wildman–Crippen MR) is 142 cm³/mol. The molecule has 0 bridgehead atoms. The highest BCUT2D eigenvalue weighted by molar-refractivity contribution is 6.98. The van der Waals surface area contributed by atoms with Gasteiger partial charge in [0.1, 0.15) is 8.07 Å². The van der Waals surface area contributed by atoms with Gasteiger partial charge in [-0.3, -0.25) is 4.79 Å². The second kappa shape index (κ2) is 8.73. The summed E-state index contributed by atoms with van der Waals surface area (Å²) >= 11 is 0. The molecular formula is C28H33N3OSi. The third kappa shape index (κ3) is 4.31. The second-order valence-corrected chi connectivity index (χ2v) is 14.4. The van der Waals surface area contributed by atoms with Gasteiger partial charge in [-0.15, -0.1) is 0 Å². The van der Waals surface area contributed by atoms with Gasteiger partial charge in [0.25, 0.3) is 5.91 Å². The Morgan fingerprint density at radius 1 is 1.06 bits per heavy atom. The first-order valence-corrected chi connectivity index (χ1v) is 14.6. The first-order valence-electron chi connectivity index (χ1n) is 11.6. The first kappa shape index (κ1) is 23.1. The molecule has 1 aliphatic carbocycles. The fraction of sp³-hybridized carbons (Fsp3) is 0.286. The number of allylic oxidation sites excluding steroid dienone is 5. The Kier molecular flexibility index (Phi) is 6.12. The number of nitrogens with two attached hydrogens (primary N) is 2. The minimum atomic E-state index is -2.09. The van der Waals surface area contributed by atoms with Crippen LogP contribution in [0.5, 0.6) is 0 Å². The minimum absolute atomic E-state index is 0.258. The van der Waals surface area contributed by atoms with Crippen LogP contribution in [-0.4, -0.2) is 25.7 Å². The van der Waals surface area contributed by atoms with Crippen molar-refractivity contribution >= 4 is 36.1 Å². The van der Waals surface area contributed by atoms with Crippen LogP contribution in [0.25, 0.3) is 5.57 Å². The van der Waals surface area contributed by atoms with Gasteiger partial charge in [0, 0.05) is 5.69 Å². The molecule has 0 saturated carbocycles. The fourth-order valence-corrected chi connectivity index (χ4v) is 7.98. The lowest BCUT2D eigenvalue weighted by Gasteiger charge is -2.38. The number of nitrogens with zero attached hydrogens (tertiary/aromatic N) is 1. The molecule has 1 aliphatic heterocycles. The molecule has 1 atom stereocenters. The predicted octanol–water partition coefficient (Wildman–Crippen LogP) is 4.68. The Balaban J connectivity index is 1.91. The van der Waals surface area contributed by atoms with Crippen molar-refractivity contribution in [1.29, 1.82) is 0 Å². The van der Waals surface area contributed by atoms with Gasteiger partial charge < -0.3 is 11.5 Å². The number of nitrogen functional groups attached to an aromatic ring is 1. The van der Waals surface area contributed by atoms with E-state index in [9.17, 15) is 4.79 Å². The number of aryl methyl sites for hydroxylation is 1. The van der Waals surface area contributed by atoms with E-state index in [1.165, 1.54) is 38.2 Å². The van der Waals surface area contributed by atoms with Crippen molar-refractivity contribution in [2.75, 3.05) is 5.73 Å². The number of amides is 1. The zero-order valence-corrected chi connectivity index (χ0v) is 21.1. The number of rotatable bonds is 4. The second-order valence-electron chi connectivity index (χ2n) is 10.0. The molecule has 33 heavy (non-hydrogen) atoms. The lowest BCUT2D eigenvalue weighted by atomic mass is 9.87. The van der Waals surface area contributed by atoms with Crippen LogP contribution in [0.3, 0.4) is 0 Å². The van der Waals surface area contributed by atoms with E-state index in [4.69, 9.17) is 11.5 Å². The lowest BCUT2D eigenvalue weighted by molar-refractivity contribution is -0.119. The van der Waals surface area contributed by atoms with Gasteiger partial charge in [-0.25, -0.2) is 4.99 Å². The fourth-order valence-electron chi connectivity index (χ4n) is 4.89. The van der Waals surface area contributed by atoms with Crippen molar-refractivity contribution < 1.29 is 4.79 Å². The maximum absolute atomic E-state index is 12.6. The van der Waals surface area contributed by atoms with Crippen LogP contribution in [0.2, 0.25) is 13.1 Å². The van der Waals surface area contributed by atoms with Crippen LogP contribution in [-0.2, 0) is 4.79 Å². The van der Waals surface area contributed by atoms with E-state index in [1.54, 1.807) is 0 Å². The van der Waals surface area contributed by atoms with Gasteiger partial charge in [0.2, 0.25) is 0 Å². The number of fused-ring (bicyclic) bond motifs is 2. The Hall–Kier alpha value is -3.02. The van der Waals surface area contributed by atoms with E-state index in [-0.39, 0.29) is 5.91 Å². The number of anilines is 1. The van der Waals surface area contributed by atoms with Gasteiger partial charge in [-0.1, -0.05) is 63.3 Å². The van der Waals surface area contributed by atoms with Crippen molar-refractivity contribution in [3.63, 3.8) is 0 Å². The van der Waals surface area contributed by atoms with Crippen LogP contribution >= 0.6 is 0 Å². The van der Waals surface area contributed by atoms with Crippen LogP contribution in [0.4, 0.5) is 5.69 Å². The van der Waals surface area contributed by atoms with Crippen molar-refractivity contribution in [1.82, 2.24) is 0 Å². The number of aliphatic imine (C=N–C) groups is 1. The molecule has 0 unspecified atom stereocenters. The van der Waals surface area contributed by atoms with Gasteiger partial charge >= 0.3 is 0 Å². The Morgan fingerprint density at radius 3 is 2.48 bits per heavy atom. The highest BCUT2D eigenvalue weighted by Crippen LogP contribution is 2.42. The normalized spacial score (nSPS) is 18.8. The average Bonchev–Trinajstić information content (AvgIpc) is 2.75. The molecule has 1 amide bonds. The van der Waals surface area contributed by atoms with E-state index >= 15 is 0 Å². The van der Waals surface area contributed by atoms with Gasteiger partial charge in [0.05, 0.1) is 11.8 Å². The molecule has 1 heterocycles. The van der Waals surface area contributed by atoms with Crippen molar-refractivity contribution in [2.24, 2.45) is 16.6 Å². The quantitative estimate of drug-likeness (QED) is 0.519. The summed E-state index contributed by atoms with van der Waals surface area (Å²) in [7, 11) is -2.09. The number of hydrogen-bond acceptors (Lipinski definition) is 3. The summed E-state index contributed by atoms with van der Waals surface area (Å²) in [6.07, 6.45) is 6.81. The maximum Gasteiger partial charge on any atom is 0.263 e. The SMILES string of the molecule is Cc1ccccc1C1=C2C=CC(=NC(=O)[C@H](N)CC(C)C)C=C2[Si](C)(C)c2cc(N)ccc21. The van der Waals surface area contributed by atoms with E-state index < -0.39 is 14.1 Å². The average molecular weight is 456 g/mol. The summed E-state index contributed by atoms with van der Waals surface area (Å²) in [5.41, 5.74) is 19.9. The molecule has 0 aromatic heterocycles. The monoisotopic (exact) mass is 455 g/mol. The van der Waals surface area contributed by atoms with Gasteiger partial charge in [0.15, 0.2) is 0 Å². The van der Waals surface area contributed by atoms with Crippen LogP contribution < -0.4 is 16.7 Å². The molecule has 4 N–H and O–H groups in total. The zero-order valence-electron chi connectivity index (χ0n) is 20.1. The number of hydrogen-bond donors (Lipinski definition) is 2. The summed E-state index contributed by atoms with van der Waals surface area (Å²) in [6, 6.07) is 14.2. The highest BCUT2D eigenvalue weighted by atomic mass is 28.3. The van der Waals surface area contributed by atoms with E-state index in [1.807, 2.05) is 12.1 Å². The van der Waals surface area contributed by atoms with Crippen LogP contribution in [0.15, 0.2) is 76.5 Å². The Labute approximate surface area is 197 Å². The maximum atomic E-state index is 12.6. The molecule has 0 spiro atoms. The molecule has 2 aliphatic rings. The molecule has 5 heteroatoms. The third-order valence-electron chi connectivity index (χ3n) is 6.63. The lowest BCUT2D eigenvalue weighted by Crippen LogP contribution is -2.49. The van der Waals surface area contributed by atoms with E-state index in [0.29, 0.717) is 18.1 Å². The molecule has 170 valence electrons. The van der Waals surface area contributed by atoms with Gasteiger partial charge in [-0.2, -0.15) is 0 Å². The van der Waals surface area contributed by atoms with Crippen molar-refractivity contribution in [3.05, 3.63) is 88.2 Å². The summed E-state index contributed by atoms with van der Waals surface area (Å²) < 4.78 is 0. The summed E-state index contributed by atoms with van der Waals surface area (Å²) in [5, 5.41) is 2.58. The Morgan fingerprint density at radius 2 is 1.79 bits per heavy atom. The molecule has 0 saturated heterocycles. The Bertz CT molecular complexity index is 1250. The number of carbonyl (C=O) groups is 1. The first-order chi connectivity index (χ1) is 15.6. The standard InChI is InChI=1S/C28H33N3OSi/c1-17(2)14-24(30)28(32)31-20-11-13-23-26(16-20)33(4,5)25-15-19(29)10-12-22(25)27(23)21-9-7-6-8-18(21)3/h6-13,15-17,24H,14,29-30H2,1-5H3/t24-/m1/s1. The molecule has 4 rings (SSSR count). The van der Waals surface area contributed by atoms with Crippen LogP contribution in [0.1, 0.15) is 37.0 Å². The third-order valence-corrected chi connectivity index (χ3v) is 10.1. The summed E-state index contributed by atoms with van der Waals surface area (Å²) in [6.45, 7) is 11.0. The minimum Gasteiger partial charge on any atom is -0.399 e. The van der Waals surface area contributed by atoms with E-state index in [2.05, 4.69) is 87.4 Å². The van der Waals surface area contributed by atoms with Crippen LogP contribution in [0, 0.1) is 12.8 Å². The topological polar surface area (TPSA) is 81.5 Å². The number of carbonyl (C=O) groups excluding carboxylic acids is 1. The van der Waals surface area contributed by atoms with Gasteiger partial charge in [-0.05, 0) is 81.8 Å². The molecule has 0 fully saturated rings. The van der Waals surface area contributed by atoms with E-state index in [0.717, 1.165) is 5.69 Å². The molecule has 4 nitrogen and oxygen atoms in total. The smallest absolute Gasteiger partial charge is 0.263 e. The zero-order chi connectivity index (χ0) is 23.9. The number of benzene rings is 2. The molecule has 2 aromatic rings. The van der Waals surface area contributed by atoms with Crippen molar-refractivity contribution in [2.45, 2.75) is 46.3 Å². The summed E-state index contributed by atoms with van der Waals surface area (Å²) in [5.74, 6) is 0.0916. The molecule has 0 radical (unpaired) electrons.